The van der Waals surface area contributed by atoms with Gasteiger partial charge < -0.3 is 10.4 Å². The van der Waals surface area contributed by atoms with Gasteiger partial charge in [-0.2, -0.15) is 0 Å². The number of aromatic carboxylic acids is 1. The van der Waals surface area contributed by atoms with Crippen LogP contribution in [0.1, 0.15) is 60.0 Å². The van der Waals surface area contributed by atoms with Crippen LogP contribution in [-0.4, -0.2) is 17.0 Å². The third-order valence-electron chi connectivity index (χ3n) is 7.32. The fourth-order valence-corrected chi connectivity index (χ4v) is 6.63. The van der Waals surface area contributed by atoms with Crippen LogP contribution in [0.15, 0.2) is 42.5 Å². The van der Waals surface area contributed by atoms with Gasteiger partial charge in [0.2, 0.25) is 0 Å². The zero-order valence-electron chi connectivity index (χ0n) is 17.2. The molecule has 2 aromatic carbocycles. The lowest BCUT2D eigenvalue weighted by atomic mass is 9.48. The minimum absolute atomic E-state index is 0.0671. The lowest BCUT2D eigenvalue weighted by molar-refractivity contribution is -0.111. The number of anilines is 1. The molecule has 0 spiro atoms. The van der Waals surface area contributed by atoms with Gasteiger partial charge in [-0.05, 0) is 97.6 Å². The molecule has 4 fully saturated rings. The molecule has 0 aliphatic heterocycles. The summed E-state index contributed by atoms with van der Waals surface area (Å²) in [4.78, 5) is 23.6. The molecule has 4 bridgehead atoms. The number of amides is 1. The zero-order valence-corrected chi connectivity index (χ0v) is 17.9. The maximum atomic E-state index is 12.2. The Morgan fingerprint density at radius 2 is 1.58 bits per heavy atom. The summed E-state index contributed by atoms with van der Waals surface area (Å²) < 4.78 is 0. The summed E-state index contributed by atoms with van der Waals surface area (Å²) in [5, 5.41) is 12.1. The second-order valence-electron chi connectivity index (χ2n) is 9.47. The SMILES string of the molecule is O=C(C#Cc1ccc(C23CC4CC(CC(C4)C2)C3)cc1)Nc1ccc(Cl)cc1C(=O)O. The third kappa shape index (κ3) is 3.95. The topological polar surface area (TPSA) is 66.4 Å². The first-order valence-corrected chi connectivity index (χ1v) is 11.2. The standard InChI is InChI=1S/C26H24ClNO3/c27-21-6-7-23(22(12-21)25(30)31)28-24(29)8-3-16-1-4-20(5-2-16)26-13-17-9-18(14-26)11-19(10-17)15-26/h1-2,4-7,12,17-19H,9-11,13-15H2,(H,28,29)(H,30,31). The van der Waals surface area contributed by atoms with E-state index in [-0.39, 0.29) is 11.3 Å². The molecule has 4 aliphatic carbocycles. The van der Waals surface area contributed by atoms with E-state index in [0.717, 1.165) is 23.3 Å². The predicted octanol–water partition coefficient (Wildman–Crippen LogP) is 5.50. The molecular weight excluding hydrogens is 410 g/mol. The van der Waals surface area contributed by atoms with Crippen molar-refractivity contribution in [1.82, 2.24) is 0 Å². The summed E-state index contributed by atoms with van der Waals surface area (Å²) in [6.07, 6.45) is 8.23. The highest BCUT2D eigenvalue weighted by Gasteiger charge is 2.51. The normalized spacial score (nSPS) is 28.0. The van der Waals surface area contributed by atoms with Crippen LogP contribution >= 0.6 is 11.6 Å². The second-order valence-corrected chi connectivity index (χ2v) is 9.91. The number of carboxylic acids is 1. The molecule has 2 N–H and O–H groups in total. The van der Waals surface area contributed by atoms with E-state index in [4.69, 9.17) is 11.6 Å². The Hall–Kier alpha value is -2.77. The van der Waals surface area contributed by atoms with E-state index in [1.165, 1.54) is 62.3 Å². The van der Waals surface area contributed by atoms with E-state index < -0.39 is 11.9 Å². The highest BCUT2D eigenvalue weighted by atomic mass is 35.5. The molecule has 31 heavy (non-hydrogen) atoms. The number of carbonyl (C=O) groups is 2. The number of carboxylic acid groups (broad SMARTS) is 1. The van der Waals surface area contributed by atoms with Crippen LogP contribution in [0.5, 0.6) is 0 Å². The van der Waals surface area contributed by atoms with Gasteiger partial charge in [-0.25, -0.2) is 4.79 Å². The van der Waals surface area contributed by atoms with Crippen molar-refractivity contribution in [3.05, 3.63) is 64.2 Å². The van der Waals surface area contributed by atoms with Crippen LogP contribution in [0.3, 0.4) is 0 Å². The quantitative estimate of drug-likeness (QED) is 0.628. The number of carbonyl (C=O) groups excluding carboxylic acids is 1. The smallest absolute Gasteiger partial charge is 0.337 e. The van der Waals surface area contributed by atoms with E-state index in [1.54, 1.807) is 0 Å². The molecule has 5 heteroatoms. The zero-order chi connectivity index (χ0) is 21.6. The predicted molar refractivity (Wildman–Crippen MR) is 120 cm³/mol. The maximum absolute atomic E-state index is 12.2. The lowest BCUT2D eigenvalue weighted by Gasteiger charge is -2.57. The van der Waals surface area contributed by atoms with Gasteiger partial charge in [0.25, 0.3) is 0 Å². The van der Waals surface area contributed by atoms with Gasteiger partial charge in [-0.3, -0.25) is 4.79 Å². The number of rotatable bonds is 3. The number of hydrogen-bond acceptors (Lipinski definition) is 2. The van der Waals surface area contributed by atoms with Crippen molar-refractivity contribution in [1.29, 1.82) is 0 Å². The summed E-state index contributed by atoms with van der Waals surface area (Å²) in [6, 6.07) is 12.7. The molecule has 0 heterocycles. The van der Waals surface area contributed by atoms with Crippen molar-refractivity contribution in [3.8, 4) is 11.8 Å². The van der Waals surface area contributed by atoms with Crippen molar-refractivity contribution in [2.45, 2.75) is 43.9 Å². The molecule has 0 radical (unpaired) electrons. The van der Waals surface area contributed by atoms with Gasteiger partial charge in [0, 0.05) is 16.5 Å². The Labute approximate surface area is 187 Å². The van der Waals surface area contributed by atoms with E-state index >= 15 is 0 Å². The average molecular weight is 434 g/mol. The Balaban J connectivity index is 1.29. The van der Waals surface area contributed by atoms with Crippen LogP contribution < -0.4 is 5.32 Å². The molecule has 6 rings (SSSR count). The molecule has 4 nitrogen and oxygen atoms in total. The first-order chi connectivity index (χ1) is 14.9. The molecule has 4 saturated carbocycles. The van der Waals surface area contributed by atoms with Crippen LogP contribution in [0.2, 0.25) is 5.02 Å². The molecule has 0 saturated heterocycles. The van der Waals surface area contributed by atoms with Crippen LogP contribution in [0, 0.1) is 29.6 Å². The van der Waals surface area contributed by atoms with Crippen LogP contribution in [0.4, 0.5) is 5.69 Å². The number of nitrogens with one attached hydrogen (secondary N) is 1. The molecule has 2 aromatic rings. The second kappa shape index (κ2) is 7.73. The van der Waals surface area contributed by atoms with Crippen LogP contribution in [-0.2, 0) is 10.2 Å². The van der Waals surface area contributed by atoms with Gasteiger partial charge in [0.1, 0.15) is 0 Å². The summed E-state index contributed by atoms with van der Waals surface area (Å²) in [5.41, 5.74) is 2.66. The largest absolute Gasteiger partial charge is 0.478 e. The van der Waals surface area contributed by atoms with E-state index in [2.05, 4.69) is 29.3 Å². The van der Waals surface area contributed by atoms with Gasteiger partial charge >= 0.3 is 11.9 Å². The van der Waals surface area contributed by atoms with Crippen molar-refractivity contribution < 1.29 is 14.7 Å². The summed E-state index contributed by atoms with van der Waals surface area (Å²) >= 11 is 5.85. The minimum atomic E-state index is -1.16. The van der Waals surface area contributed by atoms with E-state index in [1.807, 2.05) is 12.1 Å². The monoisotopic (exact) mass is 433 g/mol. The van der Waals surface area contributed by atoms with Gasteiger partial charge in [0.15, 0.2) is 0 Å². The molecule has 1 amide bonds. The lowest BCUT2D eigenvalue weighted by Crippen LogP contribution is -2.48. The fraction of sp³-hybridized carbons (Fsp3) is 0.385. The first-order valence-electron chi connectivity index (χ1n) is 10.9. The summed E-state index contributed by atoms with van der Waals surface area (Å²) in [7, 11) is 0. The Morgan fingerprint density at radius 3 is 2.16 bits per heavy atom. The van der Waals surface area contributed by atoms with Crippen molar-refractivity contribution in [3.63, 3.8) is 0 Å². The minimum Gasteiger partial charge on any atom is -0.478 e. The number of halogens is 1. The molecule has 0 aromatic heterocycles. The molecule has 158 valence electrons. The van der Waals surface area contributed by atoms with E-state index in [0.29, 0.717) is 10.4 Å². The Bertz CT molecular complexity index is 1070. The third-order valence-corrected chi connectivity index (χ3v) is 7.55. The van der Waals surface area contributed by atoms with Gasteiger partial charge in [-0.1, -0.05) is 29.7 Å². The Kier molecular flexibility index (Phi) is 5.02. The van der Waals surface area contributed by atoms with Crippen molar-refractivity contribution in [2.75, 3.05) is 5.32 Å². The number of benzene rings is 2. The number of hydrogen-bond donors (Lipinski definition) is 2. The molecular formula is C26H24ClNO3. The highest BCUT2D eigenvalue weighted by Crippen LogP contribution is 2.60. The summed E-state index contributed by atoms with van der Waals surface area (Å²) in [6.45, 7) is 0. The van der Waals surface area contributed by atoms with Crippen molar-refractivity contribution >= 4 is 29.2 Å². The van der Waals surface area contributed by atoms with Crippen LogP contribution in [0.25, 0.3) is 0 Å². The van der Waals surface area contributed by atoms with E-state index in [9.17, 15) is 14.7 Å². The fourth-order valence-electron chi connectivity index (χ4n) is 6.46. The molecule has 4 aliphatic rings. The first kappa shape index (κ1) is 20.2. The van der Waals surface area contributed by atoms with Gasteiger partial charge in [-0.15, -0.1) is 0 Å². The Morgan fingerprint density at radius 1 is 0.968 bits per heavy atom. The maximum Gasteiger partial charge on any atom is 0.337 e. The average Bonchev–Trinajstić information content (AvgIpc) is 2.73. The van der Waals surface area contributed by atoms with Gasteiger partial charge in [0.05, 0.1) is 11.3 Å². The summed E-state index contributed by atoms with van der Waals surface area (Å²) in [5.74, 6) is 6.43. The van der Waals surface area contributed by atoms with Crippen molar-refractivity contribution in [2.24, 2.45) is 17.8 Å². The molecule has 0 unspecified atom stereocenters. The molecule has 0 atom stereocenters. The highest BCUT2D eigenvalue weighted by molar-refractivity contribution is 6.31.